The van der Waals surface area contributed by atoms with Crippen molar-refractivity contribution in [2.75, 3.05) is 12.4 Å². The van der Waals surface area contributed by atoms with E-state index in [1.165, 1.54) is 0 Å². The third-order valence-corrected chi connectivity index (χ3v) is 3.39. The molecule has 1 atom stereocenters. The number of nitrogens with two attached hydrogens (primary N) is 1. The number of amides is 1. The van der Waals surface area contributed by atoms with Crippen molar-refractivity contribution in [2.24, 2.45) is 5.73 Å². The van der Waals surface area contributed by atoms with Crippen LogP contribution in [0.15, 0.2) is 24.3 Å². The van der Waals surface area contributed by atoms with Crippen LogP contribution in [-0.4, -0.2) is 24.2 Å². The average Bonchev–Trinajstić information content (AvgIpc) is 2.31. The van der Waals surface area contributed by atoms with Gasteiger partial charge in [-0.2, -0.15) is 0 Å². The molecule has 0 radical (unpaired) electrons. The Balaban J connectivity index is 2.94. The molecule has 0 aliphatic heterocycles. The van der Waals surface area contributed by atoms with Crippen molar-refractivity contribution in [1.82, 2.24) is 0 Å². The maximum Gasteiger partial charge on any atom is 0.242 e. The summed E-state index contributed by atoms with van der Waals surface area (Å²) in [6, 6.07) is 7.13. The number of halogens is 1. The first-order chi connectivity index (χ1) is 8.68. The first kappa shape index (κ1) is 15.8. The van der Waals surface area contributed by atoms with E-state index < -0.39 is 17.0 Å². The van der Waals surface area contributed by atoms with Gasteiger partial charge in [-0.15, -0.1) is 0 Å². The minimum Gasteiger partial charge on any atom is -0.379 e. The third-order valence-electron chi connectivity index (χ3n) is 3.14. The van der Waals surface area contributed by atoms with Gasteiger partial charge >= 0.3 is 0 Å². The molecule has 19 heavy (non-hydrogen) atoms. The van der Waals surface area contributed by atoms with Crippen molar-refractivity contribution in [3.63, 3.8) is 0 Å². The van der Waals surface area contributed by atoms with Crippen LogP contribution in [0.5, 0.6) is 0 Å². The number of carbonyl (C=O) groups is 1. The lowest BCUT2D eigenvalue weighted by Gasteiger charge is -2.35. The van der Waals surface area contributed by atoms with Crippen molar-refractivity contribution in [3.8, 4) is 0 Å². The van der Waals surface area contributed by atoms with Crippen LogP contribution < -0.4 is 11.1 Å². The second-order valence-electron chi connectivity index (χ2n) is 5.47. The van der Waals surface area contributed by atoms with E-state index in [0.29, 0.717) is 11.4 Å². The molecule has 106 valence electrons. The number of rotatable bonds is 6. The second-order valence-corrected chi connectivity index (χ2v) is 5.91. The maximum absolute atomic E-state index is 11.8. The zero-order valence-electron chi connectivity index (χ0n) is 11.8. The standard InChI is InChI=1S/C14H21ClN2O2/c1-13(2,19-4)9-14(3,12(16)18)17-11-7-5-10(15)6-8-11/h5-8,17H,9H2,1-4H3,(H2,16,18). The summed E-state index contributed by atoms with van der Waals surface area (Å²) in [7, 11) is 1.61. The van der Waals surface area contributed by atoms with Crippen LogP contribution in [0.2, 0.25) is 5.02 Å². The summed E-state index contributed by atoms with van der Waals surface area (Å²) >= 11 is 5.83. The number of anilines is 1. The predicted octanol–water partition coefficient (Wildman–Crippen LogP) is 2.81. The van der Waals surface area contributed by atoms with E-state index in [9.17, 15) is 4.79 Å². The summed E-state index contributed by atoms with van der Waals surface area (Å²) in [6.45, 7) is 5.60. The quantitative estimate of drug-likeness (QED) is 0.844. The van der Waals surface area contributed by atoms with Gasteiger partial charge in [0.2, 0.25) is 5.91 Å². The van der Waals surface area contributed by atoms with Gasteiger partial charge in [-0.25, -0.2) is 0 Å². The van der Waals surface area contributed by atoms with E-state index in [4.69, 9.17) is 22.1 Å². The van der Waals surface area contributed by atoms with Crippen molar-refractivity contribution in [3.05, 3.63) is 29.3 Å². The van der Waals surface area contributed by atoms with Gasteiger partial charge in [0.1, 0.15) is 5.54 Å². The summed E-state index contributed by atoms with van der Waals surface area (Å²) in [5, 5.41) is 3.80. The number of ether oxygens (including phenoxy) is 1. The van der Waals surface area contributed by atoms with Gasteiger partial charge in [0.15, 0.2) is 0 Å². The molecule has 0 aliphatic rings. The lowest BCUT2D eigenvalue weighted by atomic mass is 9.86. The maximum atomic E-state index is 11.8. The predicted molar refractivity (Wildman–Crippen MR) is 78.4 cm³/mol. The van der Waals surface area contributed by atoms with E-state index in [1.54, 1.807) is 26.2 Å². The number of methoxy groups -OCH3 is 1. The van der Waals surface area contributed by atoms with Crippen molar-refractivity contribution in [1.29, 1.82) is 0 Å². The number of hydrogen-bond donors (Lipinski definition) is 2. The van der Waals surface area contributed by atoms with E-state index in [2.05, 4.69) is 5.32 Å². The van der Waals surface area contributed by atoms with Crippen molar-refractivity contribution < 1.29 is 9.53 Å². The Morgan fingerprint density at radius 1 is 1.32 bits per heavy atom. The van der Waals surface area contributed by atoms with E-state index >= 15 is 0 Å². The zero-order valence-corrected chi connectivity index (χ0v) is 12.5. The molecule has 1 aromatic carbocycles. The Labute approximate surface area is 119 Å². The highest BCUT2D eigenvalue weighted by atomic mass is 35.5. The summed E-state index contributed by atoms with van der Waals surface area (Å²) in [4.78, 5) is 11.8. The Morgan fingerprint density at radius 3 is 2.26 bits per heavy atom. The van der Waals surface area contributed by atoms with Gasteiger partial charge in [0.25, 0.3) is 0 Å². The topological polar surface area (TPSA) is 64.3 Å². The van der Waals surface area contributed by atoms with Gasteiger partial charge in [0.05, 0.1) is 5.60 Å². The van der Waals surface area contributed by atoms with Crippen LogP contribution in [0.25, 0.3) is 0 Å². The average molecular weight is 285 g/mol. The van der Waals surface area contributed by atoms with E-state index in [1.807, 2.05) is 26.0 Å². The molecule has 0 saturated heterocycles. The fourth-order valence-electron chi connectivity index (χ4n) is 1.97. The number of hydrogen-bond acceptors (Lipinski definition) is 3. The molecule has 0 fully saturated rings. The fraction of sp³-hybridized carbons (Fsp3) is 0.500. The van der Waals surface area contributed by atoms with Gasteiger partial charge in [-0.3, -0.25) is 4.79 Å². The molecule has 1 aromatic rings. The summed E-state index contributed by atoms with van der Waals surface area (Å²) < 4.78 is 5.37. The summed E-state index contributed by atoms with van der Waals surface area (Å²) in [5.74, 6) is -0.424. The largest absolute Gasteiger partial charge is 0.379 e. The second kappa shape index (κ2) is 5.80. The Kier molecular flexibility index (Phi) is 4.82. The normalized spacial score (nSPS) is 14.8. The smallest absolute Gasteiger partial charge is 0.242 e. The molecule has 0 aliphatic carbocycles. The molecule has 0 heterocycles. The molecular formula is C14H21ClN2O2. The molecule has 3 N–H and O–H groups in total. The highest BCUT2D eigenvalue weighted by Crippen LogP contribution is 2.27. The monoisotopic (exact) mass is 284 g/mol. The minimum absolute atomic E-state index is 0.424. The molecule has 0 spiro atoms. The highest BCUT2D eigenvalue weighted by molar-refractivity contribution is 6.30. The molecule has 0 aromatic heterocycles. The lowest BCUT2D eigenvalue weighted by molar-refractivity contribution is -0.124. The fourth-order valence-corrected chi connectivity index (χ4v) is 2.09. The SMILES string of the molecule is COC(C)(C)CC(C)(Nc1ccc(Cl)cc1)C(N)=O. The van der Waals surface area contributed by atoms with Gasteiger partial charge in [0, 0.05) is 24.2 Å². The molecule has 0 saturated carbocycles. The van der Waals surface area contributed by atoms with Crippen LogP contribution in [0, 0.1) is 0 Å². The molecule has 0 bridgehead atoms. The van der Waals surface area contributed by atoms with Crippen LogP contribution in [0.3, 0.4) is 0 Å². The van der Waals surface area contributed by atoms with Crippen molar-refractivity contribution in [2.45, 2.75) is 38.3 Å². The summed E-state index contributed by atoms with van der Waals surface area (Å²) in [6.07, 6.45) is 0.453. The van der Waals surface area contributed by atoms with Crippen LogP contribution >= 0.6 is 11.6 Å². The Bertz CT molecular complexity index is 445. The molecule has 1 unspecified atom stereocenters. The first-order valence-electron chi connectivity index (χ1n) is 6.07. The number of benzene rings is 1. The zero-order chi connectivity index (χ0) is 14.7. The van der Waals surface area contributed by atoms with Gasteiger partial charge in [-0.1, -0.05) is 11.6 Å². The van der Waals surface area contributed by atoms with E-state index in [0.717, 1.165) is 5.69 Å². The van der Waals surface area contributed by atoms with Gasteiger partial charge in [-0.05, 0) is 45.0 Å². The third kappa shape index (κ3) is 4.40. The Morgan fingerprint density at radius 2 is 1.84 bits per heavy atom. The number of primary amides is 1. The first-order valence-corrected chi connectivity index (χ1v) is 6.45. The minimum atomic E-state index is -0.895. The molecular weight excluding hydrogens is 264 g/mol. The van der Waals surface area contributed by atoms with E-state index in [-0.39, 0.29) is 0 Å². The number of nitrogens with one attached hydrogen (secondary N) is 1. The lowest BCUT2D eigenvalue weighted by Crippen LogP contribution is -2.52. The number of carbonyl (C=O) groups excluding carboxylic acids is 1. The van der Waals surface area contributed by atoms with Crippen molar-refractivity contribution >= 4 is 23.2 Å². The summed E-state index contributed by atoms with van der Waals surface area (Å²) in [5.41, 5.74) is 4.97. The van der Waals surface area contributed by atoms with Crippen LogP contribution in [0.1, 0.15) is 27.2 Å². The molecule has 1 rings (SSSR count). The Hall–Kier alpha value is -1.26. The molecule has 5 heteroatoms. The highest BCUT2D eigenvalue weighted by Gasteiger charge is 2.37. The van der Waals surface area contributed by atoms with Crippen LogP contribution in [0.4, 0.5) is 5.69 Å². The van der Waals surface area contributed by atoms with Crippen LogP contribution in [-0.2, 0) is 9.53 Å². The van der Waals surface area contributed by atoms with Gasteiger partial charge < -0.3 is 15.8 Å². The molecule has 1 amide bonds. The molecule has 4 nitrogen and oxygen atoms in total.